The van der Waals surface area contributed by atoms with Crippen LogP contribution in [0.4, 0.5) is 13.2 Å². The van der Waals surface area contributed by atoms with E-state index in [1.165, 1.54) is 0 Å². The maximum absolute atomic E-state index is 12.6. The van der Waals surface area contributed by atoms with Gasteiger partial charge in [0.25, 0.3) is 0 Å². The number of aromatic nitrogens is 1. The molecule has 0 saturated heterocycles. The second-order valence-corrected chi connectivity index (χ2v) is 3.08. The van der Waals surface area contributed by atoms with Crippen molar-refractivity contribution in [2.24, 2.45) is 0 Å². The van der Waals surface area contributed by atoms with E-state index in [1.807, 2.05) is 0 Å². The van der Waals surface area contributed by atoms with Crippen molar-refractivity contribution in [2.45, 2.75) is 12.6 Å². The average molecular weight is 244 g/mol. The molecule has 0 aliphatic rings. The second-order valence-electron chi connectivity index (χ2n) is 3.08. The molecule has 0 fully saturated rings. The van der Waals surface area contributed by atoms with Crippen LogP contribution in [0.15, 0.2) is 12.3 Å². The Hall–Kier alpha value is -2.10. The number of pyridine rings is 1. The fourth-order valence-electron chi connectivity index (χ4n) is 1.15. The van der Waals surface area contributed by atoms with Crippen molar-refractivity contribution in [2.75, 3.05) is 7.11 Å². The Morgan fingerprint density at radius 1 is 1.59 bits per heavy atom. The maximum Gasteiger partial charge on any atom is 0.418 e. The molecule has 0 atom stereocenters. The predicted octanol–water partition coefficient (Wildman–Crippen LogP) is 1.69. The van der Waals surface area contributed by atoms with Gasteiger partial charge in [-0.25, -0.2) is 0 Å². The number of esters is 1. The maximum atomic E-state index is 12.6. The molecule has 1 aromatic heterocycles. The molecule has 0 radical (unpaired) electrons. The number of rotatable bonds is 2. The van der Waals surface area contributed by atoms with Crippen molar-refractivity contribution < 1.29 is 22.7 Å². The normalized spacial score (nSPS) is 10.8. The summed E-state index contributed by atoms with van der Waals surface area (Å²) >= 11 is 0. The number of methoxy groups -OCH3 is 1. The monoisotopic (exact) mass is 244 g/mol. The quantitative estimate of drug-likeness (QED) is 0.742. The van der Waals surface area contributed by atoms with Crippen molar-refractivity contribution in [3.05, 3.63) is 29.1 Å². The van der Waals surface area contributed by atoms with Gasteiger partial charge in [0, 0.05) is 6.20 Å². The van der Waals surface area contributed by atoms with E-state index < -0.39 is 29.8 Å². The third-order valence-electron chi connectivity index (χ3n) is 1.94. The third kappa shape index (κ3) is 3.17. The highest BCUT2D eigenvalue weighted by molar-refractivity contribution is 5.72. The summed E-state index contributed by atoms with van der Waals surface area (Å²) < 4.78 is 42.1. The van der Waals surface area contributed by atoms with Gasteiger partial charge in [-0.15, -0.1) is 0 Å². The van der Waals surface area contributed by atoms with Gasteiger partial charge in [0.2, 0.25) is 0 Å². The van der Waals surface area contributed by atoms with Gasteiger partial charge in [-0.05, 0) is 6.07 Å². The Bertz CT molecular complexity index is 477. The predicted molar refractivity (Wildman–Crippen MR) is 49.7 cm³/mol. The van der Waals surface area contributed by atoms with Crippen molar-refractivity contribution >= 4 is 5.97 Å². The van der Waals surface area contributed by atoms with Crippen molar-refractivity contribution in [1.29, 1.82) is 5.26 Å². The first-order chi connectivity index (χ1) is 7.88. The lowest BCUT2D eigenvalue weighted by Crippen LogP contribution is -2.15. The molecule has 0 unspecified atom stereocenters. The Morgan fingerprint density at radius 2 is 2.24 bits per heavy atom. The molecular formula is C10H7F3N2O2. The zero-order valence-corrected chi connectivity index (χ0v) is 8.71. The summed E-state index contributed by atoms with van der Waals surface area (Å²) in [5.41, 5.74) is -1.77. The molecule has 0 bridgehead atoms. The zero-order chi connectivity index (χ0) is 13.1. The fraction of sp³-hybridized carbons (Fsp3) is 0.300. The zero-order valence-electron chi connectivity index (χ0n) is 8.71. The van der Waals surface area contributed by atoms with Crippen LogP contribution >= 0.6 is 0 Å². The molecule has 7 heteroatoms. The van der Waals surface area contributed by atoms with E-state index in [0.717, 1.165) is 13.3 Å². The van der Waals surface area contributed by atoms with E-state index in [1.54, 1.807) is 6.07 Å². The summed E-state index contributed by atoms with van der Waals surface area (Å²) in [6.07, 6.45) is -4.27. The highest BCUT2D eigenvalue weighted by Crippen LogP contribution is 2.32. The van der Waals surface area contributed by atoms with E-state index in [9.17, 15) is 18.0 Å². The smallest absolute Gasteiger partial charge is 0.418 e. The van der Waals surface area contributed by atoms with E-state index >= 15 is 0 Å². The highest BCUT2D eigenvalue weighted by Gasteiger charge is 2.35. The third-order valence-corrected chi connectivity index (χ3v) is 1.94. The van der Waals surface area contributed by atoms with Gasteiger partial charge >= 0.3 is 12.1 Å². The number of nitriles is 1. The molecule has 0 spiro atoms. The number of alkyl halides is 3. The number of nitrogens with zero attached hydrogens (tertiary/aromatic N) is 2. The van der Waals surface area contributed by atoms with Gasteiger partial charge in [-0.2, -0.15) is 18.4 Å². The summed E-state index contributed by atoms with van der Waals surface area (Å²) in [5, 5.41) is 8.50. The van der Waals surface area contributed by atoms with Gasteiger partial charge in [-0.3, -0.25) is 9.78 Å². The van der Waals surface area contributed by atoms with Gasteiger partial charge in [0.15, 0.2) is 0 Å². The van der Waals surface area contributed by atoms with Crippen LogP contribution in [-0.4, -0.2) is 18.1 Å². The summed E-state index contributed by atoms with van der Waals surface area (Å²) in [5.74, 6) is -0.826. The summed E-state index contributed by atoms with van der Waals surface area (Å²) in [4.78, 5) is 14.4. The molecule has 0 aliphatic heterocycles. The van der Waals surface area contributed by atoms with Crippen LogP contribution in [0.5, 0.6) is 0 Å². The minimum Gasteiger partial charge on any atom is -0.469 e. The molecule has 0 N–H and O–H groups in total. The molecule has 0 aliphatic carbocycles. The lowest BCUT2D eigenvalue weighted by atomic mass is 10.1. The lowest BCUT2D eigenvalue weighted by molar-refractivity contribution is -0.141. The Labute approximate surface area is 94.6 Å². The minimum absolute atomic E-state index is 0.217. The summed E-state index contributed by atoms with van der Waals surface area (Å²) in [7, 11) is 1.07. The molecule has 1 heterocycles. The van der Waals surface area contributed by atoms with Crippen molar-refractivity contribution in [3.8, 4) is 6.07 Å². The van der Waals surface area contributed by atoms with E-state index in [4.69, 9.17) is 5.26 Å². The molecule has 0 saturated carbocycles. The SMILES string of the molecule is COC(=O)Cc1ncc(C#N)cc1C(F)(F)F. The summed E-state index contributed by atoms with van der Waals surface area (Å²) in [6.45, 7) is 0. The van der Waals surface area contributed by atoms with E-state index in [2.05, 4.69) is 9.72 Å². The second kappa shape index (κ2) is 4.82. The first-order valence-electron chi connectivity index (χ1n) is 4.41. The molecule has 0 amide bonds. The molecule has 90 valence electrons. The highest BCUT2D eigenvalue weighted by atomic mass is 19.4. The number of carbonyl (C=O) groups excluding carboxylic acids is 1. The van der Waals surface area contributed by atoms with Crippen LogP contribution in [0.3, 0.4) is 0 Å². The molecule has 1 rings (SSSR count). The van der Waals surface area contributed by atoms with Crippen LogP contribution in [0.2, 0.25) is 0 Å². The average Bonchev–Trinajstić information content (AvgIpc) is 2.28. The molecule has 1 aromatic rings. The number of halogens is 3. The molecule has 0 aromatic carbocycles. The van der Waals surface area contributed by atoms with Gasteiger partial charge in [0.05, 0.1) is 30.4 Å². The van der Waals surface area contributed by atoms with Gasteiger partial charge in [-0.1, -0.05) is 0 Å². The topological polar surface area (TPSA) is 63.0 Å². The van der Waals surface area contributed by atoms with E-state index in [-0.39, 0.29) is 5.56 Å². The van der Waals surface area contributed by atoms with Crippen LogP contribution in [0, 0.1) is 11.3 Å². The Morgan fingerprint density at radius 3 is 2.71 bits per heavy atom. The number of carbonyl (C=O) groups is 1. The van der Waals surface area contributed by atoms with E-state index in [0.29, 0.717) is 6.07 Å². The molecule has 4 nitrogen and oxygen atoms in total. The van der Waals surface area contributed by atoms with Crippen LogP contribution in [-0.2, 0) is 22.1 Å². The first-order valence-corrected chi connectivity index (χ1v) is 4.41. The first kappa shape index (κ1) is 13.0. The Kier molecular flexibility index (Phi) is 3.68. The molecule has 17 heavy (non-hydrogen) atoms. The van der Waals surface area contributed by atoms with Gasteiger partial charge in [0.1, 0.15) is 6.07 Å². The van der Waals surface area contributed by atoms with Crippen molar-refractivity contribution in [3.63, 3.8) is 0 Å². The standard InChI is InChI=1S/C10H7F3N2O2/c1-17-9(16)3-8-7(10(11,12)13)2-6(4-14)5-15-8/h2,5H,3H2,1H3. The fourth-order valence-corrected chi connectivity index (χ4v) is 1.15. The van der Waals surface area contributed by atoms with Crippen LogP contribution in [0.1, 0.15) is 16.8 Å². The molecular weight excluding hydrogens is 237 g/mol. The largest absolute Gasteiger partial charge is 0.469 e. The number of hydrogen-bond acceptors (Lipinski definition) is 4. The Balaban J connectivity index is 3.22. The van der Waals surface area contributed by atoms with Crippen molar-refractivity contribution in [1.82, 2.24) is 4.98 Å². The lowest BCUT2D eigenvalue weighted by Gasteiger charge is -2.11. The summed E-state index contributed by atoms with van der Waals surface area (Å²) in [6, 6.07) is 2.21. The van der Waals surface area contributed by atoms with Gasteiger partial charge < -0.3 is 4.74 Å². The number of ether oxygens (including phenoxy) is 1. The van der Waals surface area contributed by atoms with Crippen LogP contribution in [0.25, 0.3) is 0 Å². The van der Waals surface area contributed by atoms with Crippen LogP contribution < -0.4 is 0 Å². The number of hydrogen-bond donors (Lipinski definition) is 0. The minimum atomic E-state index is -4.66.